The van der Waals surface area contributed by atoms with E-state index in [9.17, 15) is 0 Å². The molecule has 0 aliphatic heterocycles. The van der Waals surface area contributed by atoms with Gasteiger partial charge in [0.15, 0.2) is 0 Å². The van der Waals surface area contributed by atoms with Crippen LogP contribution in [0.5, 0.6) is 0 Å². The lowest BCUT2D eigenvalue weighted by Crippen LogP contribution is -2.35. The first-order valence-corrected chi connectivity index (χ1v) is 7.81. The maximum atomic E-state index is 4.60. The van der Waals surface area contributed by atoms with E-state index in [-0.39, 0.29) is 5.54 Å². The molecule has 1 saturated carbocycles. The van der Waals surface area contributed by atoms with E-state index in [4.69, 9.17) is 0 Å². The fourth-order valence-corrected chi connectivity index (χ4v) is 2.69. The van der Waals surface area contributed by atoms with Gasteiger partial charge in [0.05, 0.1) is 0 Å². The Labute approximate surface area is 123 Å². The summed E-state index contributed by atoms with van der Waals surface area (Å²) in [7, 11) is 0. The molecular formula is C17H29N3. The van der Waals surface area contributed by atoms with Crippen LogP contribution >= 0.6 is 0 Å². The van der Waals surface area contributed by atoms with Crippen LogP contribution in [0.4, 0.5) is 0 Å². The highest BCUT2D eigenvalue weighted by molar-refractivity contribution is 5.08. The van der Waals surface area contributed by atoms with E-state index >= 15 is 0 Å². The Morgan fingerprint density at radius 1 is 1.15 bits per heavy atom. The molecule has 1 N–H and O–H groups in total. The third-order valence-corrected chi connectivity index (χ3v) is 4.25. The molecule has 1 fully saturated rings. The Morgan fingerprint density at radius 2 is 1.70 bits per heavy atom. The van der Waals surface area contributed by atoms with Gasteiger partial charge < -0.3 is 5.32 Å². The van der Waals surface area contributed by atoms with Gasteiger partial charge in [0.25, 0.3) is 0 Å². The molecule has 3 heteroatoms. The molecule has 0 aromatic carbocycles. The molecule has 3 nitrogen and oxygen atoms in total. The van der Waals surface area contributed by atoms with Crippen LogP contribution in [0.2, 0.25) is 0 Å². The van der Waals surface area contributed by atoms with Crippen LogP contribution in [0.25, 0.3) is 0 Å². The molecule has 1 heterocycles. The first-order chi connectivity index (χ1) is 9.25. The quantitative estimate of drug-likeness (QED) is 0.904. The highest BCUT2D eigenvalue weighted by Gasteiger charge is 2.28. The predicted octanol–water partition coefficient (Wildman–Crippen LogP) is 4.05. The summed E-state index contributed by atoms with van der Waals surface area (Å²) in [5, 5.41) is 3.47. The molecule has 0 spiro atoms. The Bertz CT molecular complexity index is 419. The third-order valence-electron chi connectivity index (χ3n) is 4.25. The molecule has 0 radical (unpaired) electrons. The minimum absolute atomic E-state index is 0.133. The van der Waals surface area contributed by atoms with E-state index in [1.54, 1.807) is 0 Å². The Kier molecular flexibility index (Phi) is 4.48. The van der Waals surface area contributed by atoms with Gasteiger partial charge in [-0.15, -0.1) is 0 Å². The van der Waals surface area contributed by atoms with E-state index in [2.05, 4.69) is 49.9 Å². The maximum Gasteiger partial charge on any atom is 0.131 e. The average Bonchev–Trinajstić information content (AvgIpc) is 2.36. The minimum Gasteiger partial charge on any atom is -0.308 e. The predicted molar refractivity (Wildman–Crippen MR) is 83.6 cm³/mol. The largest absolute Gasteiger partial charge is 0.308 e. The van der Waals surface area contributed by atoms with E-state index in [1.165, 1.54) is 31.2 Å². The molecule has 1 aromatic rings. The van der Waals surface area contributed by atoms with Crippen molar-refractivity contribution in [2.75, 3.05) is 0 Å². The van der Waals surface area contributed by atoms with E-state index in [0.29, 0.717) is 11.3 Å². The fraction of sp³-hybridized carbons (Fsp3) is 0.765. The van der Waals surface area contributed by atoms with E-state index in [0.717, 1.165) is 12.4 Å². The number of hydrogen-bond donors (Lipinski definition) is 1. The molecule has 2 rings (SSSR count). The van der Waals surface area contributed by atoms with E-state index in [1.807, 2.05) is 12.4 Å². The zero-order chi connectivity index (χ0) is 14.8. The minimum atomic E-state index is 0.133. The van der Waals surface area contributed by atoms with Crippen LogP contribution in [0.3, 0.4) is 0 Å². The highest BCUT2D eigenvalue weighted by atomic mass is 15.0. The Hall–Kier alpha value is -0.960. The topological polar surface area (TPSA) is 37.8 Å². The van der Waals surface area contributed by atoms with Crippen molar-refractivity contribution in [3.63, 3.8) is 0 Å². The summed E-state index contributed by atoms with van der Waals surface area (Å²) in [6.45, 7) is 12.1. The lowest BCUT2D eigenvalue weighted by molar-refractivity contribution is 0.220. The standard InChI is InChI=1S/C17H29N3/c1-16(2,3)20-12-13-10-18-15(19-11-13)14-6-8-17(4,5)9-7-14/h10-11,14,20H,6-9,12H2,1-5H3. The molecule has 1 aliphatic carbocycles. The maximum absolute atomic E-state index is 4.60. The molecule has 20 heavy (non-hydrogen) atoms. The SMILES string of the molecule is CC1(C)CCC(c2ncc(CNC(C)(C)C)cn2)CC1. The van der Waals surface area contributed by atoms with Crippen LogP contribution in [0.1, 0.15) is 77.6 Å². The van der Waals surface area contributed by atoms with Crippen molar-refractivity contribution in [3.05, 3.63) is 23.8 Å². The van der Waals surface area contributed by atoms with Gasteiger partial charge in [-0.2, -0.15) is 0 Å². The summed E-state index contributed by atoms with van der Waals surface area (Å²) in [6, 6.07) is 0. The summed E-state index contributed by atoms with van der Waals surface area (Å²) in [4.78, 5) is 9.20. The van der Waals surface area contributed by atoms with Gasteiger partial charge >= 0.3 is 0 Å². The van der Waals surface area contributed by atoms with Crippen molar-refractivity contribution in [2.45, 2.75) is 78.3 Å². The summed E-state index contributed by atoms with van der Waals surface area (Å²) in [6.07, 6.45) is 9.00. The monoisotopic (exact) mass is 275 g/mol. The molecule has 0 saturated heterocycles. The first-order valence-electron chi connectivity index (χ1n) is 7.81. The van der Waals surface area contributed by atoms with Crippen molar-refractivity contribution in [1.29, 1.82) is 0 Å². The van der Waals surface area contributed by atoms with Gasteiger partial charge in [-0.1, -0.05) is 13.8 Å². The van der Waals surface area contributed by atoms with Gasteiger partial charge in [0.2, 0.25) is 0 Å². The zero-order valence-corrected chi connectivity index (χ0v) is 13.7. The smallest absolute Gasteiger partial charge is 0.131 e. The van der Waals surface area contributed by atoms with Gasteiger partial charge in [0, 0.05) is 36.0 Å². The summed E-state index contributed by atoms with van der Waals surface area (Å²) in [5.41, 5.74) is 1.81. The lowest BCUT2D eigenvalue weighted by Gasteiger charge is -2.33. The second kappa shape index (κ2) is 5.80. The Morgan fingerprint density at radius 3 is 2.20 bits per heavy atom. The van der Waals surface area contributed by atoms with Gasteiger partial charge in [-0.3, -0.25) is 0 Å². The molecule has 1 aliphatic rings. The van der Waals surface area contributed by atoms with Gasteiger partial charge in [-0.05, 0) is 51.9 Å². The molecule has 112 valence electrons. The summed E-state index contributed by atoms with van der Waals surface area (Å²) in [5.74, 6) is 1.60. The third kappa shape index (κ3) is 4.55. The number of aromatic nitrogens is 2. The van der Waals surface area contributed by atoms with Crippen LogP contribution in [0.15, 0.2) is 12.4 Å². The number of nitrogens with zero attached hydrogens (tertiary/aromatic N) is 2. The van der Waals surface area contributed by atoms with Gasteiger partial charge in [-0.25, -0.2) is 9.97 Å². The first kappa shape index (κ1) is 15.4. The number of rotatable bonds is 3. The summed E-state index contributed by atoms with van der Waals surface area (Å²) >= 11 is 0. The van der Waals surface area contributed by atoms with Gasteiger partial charge in [0.1, 0.15) is 5.82 Å². The molecule has 0 unspecified atom stereocenters. The van der Waals surface area contributed by atoms with Crippen molar-refractivity contribution in [2.24, 2.45) is 5.41 Å². The van der Waals surface area contributed by atoms with Crippen LogP contribution in [-0.4, -0.2) is 15.5 Å². The average molecular weight is 275 g/mol. The number of nitrogens with one attached hydrogen (secondary N) is 1. The second-order valence-corrected chi connectivity index (χ2v) is 7.99. The molecule has 0 amide bonds. The van der Waals surface area contributed by atoms with Crippen molar-refractivity contribution in [3.8, 4) is 0 Å². The second-order valence-electron chi connectivity index (χ2n) is 7.99. The summed E-state index contributed by atoms with van der Waals surface area (Å²) < 4.78 is 0. The molecule has 0 bridgehead atoms. The molecular weight excluding hydrogens is 246 g/mol. The molecule has 0 atom stereocenters. The zero-order valence-electron chi connectivity index (χ0n) is 13.7. The Balaban J connectivity index is 1.92. The lowest BCUT2D eigenvalue weighted by atomic mass is 9.73. The van der Waals surface area contributed by atoms with Crippen LogP contribution < -0.4 is 5.32 Å². The van der Waals surface area contributed by atoms with Crippen LogP contribution in [-0.2, 0) is 6.54 Å². The highest BCUT2D eigenvalue weighted by Crippen LogP contribution is 2.41. The van der Waals surface area contributed by atoms with E-state index < -0.39 is 0 Å². The molecule has 1 aromatic heterocycles. The fourth-order valence-electron chi connectivity index (χ4n) is 2.69. The van der Waals surface area contributed by atoms with Crippen LogP contribution in [0, 0.1) is 5.41 Å². The number of hydrogen-bond acceptors (Lipinski definition) is 3. The van der Waals surface area contributed by atoms with Crippen molar-refractivity contribution in [1.82, 2.24) is 15.3 Å². The van der Waals surface area contributed by atoms with Crippen molar-refractivity contribution < 1.29 is 0 Å². The normalized spacial score (nSPS) is 20.1. The van der Waals surface area contributed by atoms with Crippen molar-refractivity contribution >= 4 is 0 Å².